The molecule has 1 heterocycles. The number of benzene rings is 3. The number of nitrogens with zero attached hydrogens (tertiary/aromatic N) is 1. The monoisotopic (exact) mass is 474 g/mol. The molecule has 0 atom stereocenters. The van der Waals surface area contributed by atoms with E-state index in [0.717, 1.165) is 21.7 Å². The second-order valence-electron chi connectivity index (χ2n) is 7.76. The smallest absolute Gasteiger partial charge is 0.264 e. The minimum Gasteiger partial charge on any atom is -0.493 e. The molecule has 6 nitrogen and oxygen atoms in total. The molecule has 3 aromatic carbocycles. The molecule has 0 unspecified atom stereocenters. The number of carbonyl (C=O) groups is 2. The van der Waals surface area contributed by atoms with Gasteiger partial charge in [0.25, 0.3) is 11.8 Å². The zero-order valence-corrected chi connectivity index (χ0v) is 20.1. The van der Waals surface area contributed by atoms with E-state index < -0.39 is 0 Å². The molecule has 0 aromatic heterocycles. The van der Waals surface area contributed by atoms with Gasteiger partial charge in [0.05, 0.1) is 24.8 Å². The van der Waals surface area contributed by atoms with Gasteiger partial charge in [0.2, 0.25) is 0 Å². The van der Waals surface area contributed by atoms with Gasteiger partial charge >= 0.3 is 0 Å². The number of thioether (sulfide) groups is 1. The van der Waals surface area contributed by atoms with Gasteiger partial charge in [-0.15, -0.1) is 0 Å². The summed E-state index contributed by atoms with van der Waals surface area (Å²) in [4.78, 5) is 28.9. The third-order valence-electron chi connectivity index (χ3n) is 5.56. The number of amides is 2. The lowest BCUT2D eigenvalue weighted by atomic mass is 10.1. The van der Waals surface area contributed by atoms with Gasteiger partial charge in [0.1, 0.15) is 0 Å². The van der Waals surface area contributed by atoms with Crippen molar-refractivity contribution in [2.45, 2.75) is 11.3 Å². The van der Waals surface area contributed by atoms with E-state index >= 15 is 0 Å². The molecule has 0 bridgehead atoms. The molecule has 34 heavy (non-hydrogen) atoms. The molecule has 7 heteroatoms. The molecule has 3 aromatic rings. The molecule has 174 valence electrons. The average Bonchev–Trinajstić information content (AvgIpc) is 2.87. The zero-order chi connectivity index (χ0) is 24.1. The van der Waals surface area contributed by atoms with Crippen LogP contribution >= 0.6 is 11.8 Å². The molecule has 0 spiro atoms. The SMILES string of the molecule is COc1ccc(CCNC(=O)c2ccc3c(c2)N(C)C(=O)C(=Cc2ccccc2)S3)cc1OC. The second-order valence-corrected chi connectivity index (χ2v) is 8.85. The van der Waals surface area contributed by atoms with Crippen LogP contribution in [0.1, 0.15) is 21.5 Å². The standard InChI is InChI=1S/C27H26N2O4S/c1-29-21-17-20(26(30)28-14-13-19-9-11-22(32-2)23(15-19)33-3)10-12-24(21)34-25(27(29)31)16-18-7-5-4-6-8-18/h4-12,15-17H,13-14H2,1-3H3,(H,28,30). The number of hydrogen-bond donors (Lipinski definition) is 1. The first-order valence-corrected chi connectivity index (χ1v) is 11.7. The van der Waals surface area contributed by atoms with Gasteiger partial charge in [-0.3, -0.25) is 9.59 Å². The van der Waals surface area contributed by atoms with Crippen LogP contribution in [0, 0.1) is 0 Å². The van der Waals surface area contributed by atoms with Crippen molar-refractivity contribution >= 4 is 35.3 Å². The molecule has 0 fully saturated rings. The summed E-state index contributed by atoms with van der Waals surface area (Å²) >= 11 is 1.42. The highest BCUT2D eigenvalue weighted by Gasteiger charge is 2.27. The maximum Gasteiger partial charge on any atom is 0.264 e. The maximum absolute atomic E-state index is 12.9. The van der Waals surface area contributed by atoms with Crippen molar-refractivity contribution < 1.29 is 19.1 Å². The number of hydrogen-bond acceptors (Lipinski definition) is 5. The van der Waals surface area contributed by atoms with Crippen LogP contribution in [0.3, 0.4) is 0 Å². The fourth-order valence-electron chi connectivity index (χ4n) is 3.69. The summed E-state index contributed by atoms with van der Waals surface area (Å²) in [5.41, 5.74) is 3.25. The summed E-state index contributed by atoms with van der Waals surface area (Å²) < 4.78 is 10.6. The zero-order valence-electron chi connectivity index (χ0n) is 19.3. The van der Waals surface area contributed by atoms with Crippen molar-refractivity contribution in [3.05, 3.63) is 88.3 Å². The van der Waals surface area contributed by atoms with Crippen molar-refractivity contribution in [1.82, 2.24) is 5.32 Å². The molecule has 1 aliphatic rings. The van der Waals surface area contributed by atoms with Gasteiger partial charge in [-0.25, -0.2) is 0 Å². The number of ether oxygens (including phenoxy) is 2. The molecular formula is C27H26N2O4S. The molecule has 2 amide bonds. The fraction of sp³-hybridized carbons (Fsp3) is 0.185. The Morgan fingerprint density at radius 2 is 1.76 bits per heavy atom. The molecule has 1 N–H and O–H groups in total. The minimum absolute atomic E-state index is 0.0904. The molecular weight excluding hydrogens is 448 g/mol. The van der Waals surface area contributed by atoms with Crippen molar-refractivity contribution in [2.24, 2.45) is 0 Å². The van der Waals surface area contributed by atoms with E-state index in [1.54, 1.807) is 38.3 Å². The van der Waals surface area contributed by atoms with E-state index in [-0.39, 0.29) is 11.8 Å². The van der Waals surface area contributed by atoms with Gasteiger partial charge < -0.3 is 19.7 Å². The number of likely N-dealkylation sites (N-methyl/N-ethyl adjacent to an activating group) is 1. The molecule has 0 radical (unpaired) electrons. The Balaban J connectivity index is 1.43. The van der Waals surface area contributed by atoms with Gasteiger partial charge in [-0.1, -0.05) is 48.2 Å². The number of carbonyl (C=O) groups excluding carboxylic acids is 2. The van der Waals surface area contributed by atoms with E-state index in [9.17, 15) is 9.59 Å². The Labute approximate surface area is 203 Å². The molecule has 0 aliphatic carbocycles. The molecule has 0 saturated carbocycles. The number of fused-ring (bicyclic) bond motifs is 1. The highest BCUT2D eigenvalue weighted by atomic mass is 32.2. The van der Waals surface area contributed by atoms with Crippen molar-refractivity contribution in [2.75, 3.05) is 32.7 Å². The Kier molecular flexibility index (Phi) is 7.23. The normalized spacial score (nSPS) is 14.0. The first-order chi connectivity index (χ1) is 16.5. The topological polar surface area (TPSA) is 67.9 Å². The number of nitrogens with one attached hydrogen (secondary N) is 1. The second kappa shape index (κ2) is 10.5. The highest BCUT2D eigenvalue weighted by Crippen LogP contribution is 2.42. The Morgan fingerprint density at radius 1 is 1.00 bits per heavy atom. The summed E-state index contributed by atoms with van der Waals surface area (Å²) in [6.07, 6.45) is 2.54. The van der Waals surface area contributed by atoms with Crippen LogP contribution in [0.5, 0.6) is 11.5 Å². The summed E-state index contributed by atoms with van der Waals surface area (Å²) in [5.74, 6) is 1.06. The summed E-state index contributed by atoms with van der Waals surface area (Å²) in [5, 5.41) is 2.96. The largest absolute Gasteiger partial charge is 0.493 e. The van der Waals surface area contributed by atoms with Crippen molar-refractivity contribution in [1.29, 1.82) is 0 Å². The van der Waals surface area contributed by atoms with Crippen LogP contribution < -0.4 is 19.7 Å². The first-order valence-electron chi connectivity index (χ1n) is 10.9. The lowest BCUT2D eigenvalue weighted by Gasteiger charge is -2.27. The lowest BCUT2D eigenvalue weighted by Crippen LogP contribution is -2.31. The summed E-state index contributed by atoms with van der Waals surface area (Å²) in [6, 6.07) is 20.9. The predicted octanol–water partition coefficient (Wildman–Crippen LogP) is 4.79. The number of rotatable bonds is 7. The van der Waals surface area contributed by atoms with Gasteiger partial charge in [0.15, 0.2) is 11.5 Å². The molecule has 4 rings (SSSR count). The predicted molar refractivity (Wildman–Crippen MR) is 136 cm³/mol. The Bertz CT molecular complexity index is 1240. The highest BCUT2D eigenvalue weighted by molar-refractivity contribution is 8.04. The molecule has 0 saturated heterocycles. The third kappa shape index (κ3) is 5.10. The van der Waals surface area contributed by atoms with Crippen LogP contribution in [0.2, 0.25) is 0 Å². The van der Waals surface area contributed by atoms with Gasteiger partial charge in [-0.05, 0) is 54.0 Å². The quantitative estimate of drug-likeness (QED) is 0.499. The van der Waals surface area contributed by atoms with Crippen LogP contribution in [0.15, 0.2) is 76.5 Å². The fourth-order valence-corrected chi connectivity index (χ4v) is 4.79. The van der Waals surface area contributed by atoms with Crippen LogP contribution in [-0.4, -0.2) is 39.6 Å². The lowest BCUT2D eigenvalue weighted by molar-refractivity contribution is -0.114. The molecule has 1 aliphatic heterocycles. The maximum atomic E-state index is 12.9. The van der Waals surface area contributed by atoms with Crippen LogP contribution in [0.25, 0.3) is 6.08 Å². The van der Waals surface area contributed by atoms with E-state index in [1.165, 1.54) is 11.8 Å². The third-order valence-corrected chi connectivity index (χ3v) is 6.64. The van der Waals surface area contributed by atoms with Crippen LogP contribution in [-0.2, 0) is 11.2 Å². The van der Waals surface area contributed by atoms with E-state index in [4.69, 9.17) is 9.47 Å². The Morgan fingerprint density at radius 3 is 2.50 bits per heavy atom. The minimum atomic E-state index is -0.181. The summed E-state index contributed by atoms with van der Waals surface area (Å²) in [6.45, 7) is 0.471. The van der Waals surface area contributed by atoms with Gasteiger partial charge in [-0.2, -0.15) is 0 Å². The average molecular weight is 475 g/mol. The van der Waals surface area contributed by atoms with Crippen molar-refractivity contribution in [3.63, 3.8) is 0 Å². The van der Waals surface area contributed by atoms with Crippen molar-refractivity contribution in [3.8, 4) is 11.5 Å². The van der Waals surface area contributed by atoms with E-state index in [1.807, 2.05) is 60.7 Å². The van der Waals surface area contributed by atoms with Gasteiger partial charge in [0, 0.05) is 24.1 Å². The van der Waals surface area contributed by atoms with Crippen LogP contribution in [0.4, 0.5) is 5.69 Å². The summed E-state index contributed by atoms with van der Waals surface area (Å²) in [7, 11) is 4.93. The Hall–Kier alpha value is -3.71. The van der Waals surface area contributed by atoms with E-state index in [0.29, 0.717) is 34.9 Å². The first kappa shape index (κ1) is 23.4. The number of methoxy groups -OCH3 is 2. The number of anilines is 1. The van der Waals surface area contributed by atoms with E-state index in [2.05, 4.69) is 5.32 Å².